The Labute approximate surface area is 118 Å². The molecule has 3 rings (SSSR count). The minimum atomic E-state index is -2.84. The molecule has 0 aliphatic carbocycles. The van der Waals surface area contributed by atoms with Gasteiger partial charge in [0.25, 0.3) is 0 Å². The van der Waals surface area contributed by atoms with Crippen molar-refractivity contribution in [1.82, 2.24) is 0 Å². The summed E-state index contributed by atoms with van der Waals surface area (Å²) in [5, 5.41) is 1.05. The number of sulfone groups is 1. The normalized spacial score (nSPS) is 23.2. The topological polar surface area (TPSA) is 73.3 Å². The molecule has 0 bridgehead atoms. The summed E-state index contributed by atoms with van der Waals surface area (Å²) in [7, 11) is -2.84. The largest absolute Gasteiger partial charge is 0.459 e. The van der Waals surface area contributed by atoms with Crippen molar-refractivity contribution in [2.24, 2.45) is 11.7 Å². The van der Waals surface area contributed by atoms with Crippen LogP contribution in [0.15, 0.2) is 28.7 Å². The van der Waals surface area contributed by atoms with Crippen LogP contribution in [0.25, 0.3) is 11.0 Å². The molecule has 0 spiro atoms. The first kappa shape index (κ1) is 13.6. The minimum Gasteiger partial charge on any atom is -0.459 e. The van der Waals surface area contributed by atoms with Gasteiger partial charge in [-0.25, -0.2) is 8.42 Å². The van der Waals surface area contributed by atoms with Gasteiger partial charge in [-0.3, -0.25) is 0 Å². The molecule has 0 radical (unpaired) electrons. The summed E-state index contributed by atoms with van der Waals surface area (Å²) in [5.41, 5.74) is 8.15. The van der Waals surface area contributed by atoms with Crippen molar-refractivity contribution >= 4 is 20.8 Å². The SMILES string of the molecule is Cc1cccc2cc(C(N)CC3CCS(=O)(=O)C3)oc12. The van der Waals surface area contributed by atoms with E-state index in [-0.39, 0.29) is 17.7 Å². The molecule has 2 N–H and O–H groups in total. The molecule has 1 aromatic carbocycles. The van der Waals surface area contributed by atoms with E-state index in [0.717, 1.165) is 28.7 Å². The van der Waals surface area contributed by atoms with Gasteiger partial charge in [0.15, 0.2) is 9.84 Å². The predicted octanol–water partition coefficient (Wildman–Crippen LogP) is 2.57. The minimum absolute atomic E-state index is 0.157. The molecule has 1 aromatic heterocycles. The molecule has 2 heterocycles. The summed E-state index contributed by atoms with van der Waals surface area (Å²) in [4.78, 5) is 0. The first-order valence-electron chi connectivity index (χ1n) is 6.90. The van der Waals surface area contributed by atoms with Gasteiger partial charge in [0.2, 0.25) is 0 Å². The number of benzene rings is 1. The summed E-state index contributed by atoms with van der Waals surface area (Å²) >= 11 is 0. The third kappa shape index (κ3) is 2.60. The van der Waals surface area contributed by atoms with Crippen molar-refractivity contribution in [3.05, 3.63) is 35.6 Å². The maximum Gasteiger partial charge on any atom is 0.150 e. The Morgan fingerprint density at radius 3 is 2.90 bits per heavy atom. The van der Waals surface area contributed by atoms with Crippen LogP contribution < -0.4 is 5.73 Å². The molecule has 1 fully saturated rings. The van der Waals surface area contributed by atoms with Crippen LogP contribution in [0.1, 0.15) is 30.2 Å². The van der Waals surface area contributed by atoms with Gasteiger partial charge in [-0.1, -0.05) is 18.2 Å². The molecule has 2 unspecified atom stereocenters. The van der Waals surface area contributed by atoms with Crippen molar-refractivity contribution in [3.8, 4) is 0 Å². The molecule has 2 aromatic rings. The number of para-hydroxylation sites is 1. The fraction of sp³-hybridized carbons (Fsp3) is 0.467. The second kappa shape index (κ2) is 4.90. The quantitative estimate of drug-likeness (QED) is 0.944. The molecule has 2 atom stereocenters. The van der Waals surface area contributed by atoms with Crippen molar-refractivity contribution in [2.45, 2.75) is 25.8 Å². The van der Waals surface area contributed by atoms with Gasteiger partial charge >= 0.3 is 0 Å². The van der Waals surface area contributed by atoms with E-state index in [1.54, 1.807) is 0 Å². The van der Waals surface area contributed by atoms with Crippen LogP contribution in [0.5, 0.6) is 0 Å². The maximum absolute atomic E-state index is 11.5. The predicted molar refractivity (Wildman–Crippen MR) is 79.3 cm³/mol. The standard InChI is InChI=1S/C15H19NO3S/c1-10-3-2-4-12-8-14(19-15(10)12)13(16)7-11-5-6-20(17,18)9-11/h2-4,8,11,13H,5-7,9,16H2,1H3. The number of hydrogen-bond acceptors (Lipinski definition) is 4. The first-order valence-corrected chi connectivity index (χ1v) is 8.72. The summed E-state index contributed by atoms with van der Waals surface area (Å²) in [6.45, 7) is 2.00. The highest BCUT2D eigenvalue weighted by molar-refractivity contribution is 7.91. The number of nitrogens with two attached hydrogens (primary N) is 1. The smallest absolute Gasteiger partial charge is 0.150 e. The lowest BCUT2D eigenvalue weighted by molar-refractivity contribution is 0.418. The first-order chi connectivity index (χ1) is 9.44. The van der Waals surface area contributed by atoms with Crippen LogP contribution in [0, 0.1) is 12.8 Å². The number of hydrogen-bond donors (Lipinski definition) is 1. The molecular formula is C15H19NO3S. The highest BCUT2D eigenvalue weighted by atomic mass is 32.2. The molecule has 1 aliphatic heterocycles. The van der Waals surface area contributed by atoms with Crippen LogP contribution in [-0.2, 0) is 9.84 Å². The Morgan fingerprint density at radius 2 is 2.25 bits per heavy atom. The van der Waals surface area contributed by atoms with Crippen LogP contribution in [0.2, 0.25) is 0 Å². The average molecular weight is 293 g/mol. The van der Waals surface area contributed by atoms with E-state index in [0.29, 0.717) is 12.2 Å². The van der Waals surface area contributed by atoms with E-state index in [4.69, 9.17) is 10.2 Å². The summed E-state index contributed by atoms with van der Waals surface area (Å²) in [6, 6.07) is 7.73. The van der Waals surface area contributed by atoms with E-state index < -0.39 is 9.84 Å². The molecule has 108 valence electrons. The molecule has 20 heavy (non-hydrogen) atoms. The monoisotopic (exact) mass is 293 g/mol. The molecule has 1 saturated heterocycles. The zero-order chi connectivity index (χ0) is 14.3. The van der Waals surface area contributed by atoms with Gasteiger partial charge in [0.1, 0.15) is 11.3 Å². The van der Waals surface area contributed by atoms with Crippen LogP contribution in [0.3, 0.4) is 0 Å². The highest BCUT2D eigenvalue weighted by Crippen LogP contribution is 2.31. The summed E-state index contributed by atoms with van der Waals surface area (Å²) in [5.74, 6) is 1.46. The summed E-state index contributed by atoms with van der Waals surface area (Å²) < 4.78 is 28.8. The Kier molecular flexibility index (Phi) is 3.34. The molecule has 0 amide bonds. The third-order valence-corrected chi connectivity index (χ3v) is 5.88. The maximum atomic E-state index is 11.5. The van der Waals surface area contributed by atoms with Crippen LogP contribution >= 0.6 is 0 Å². The van der Waals surface area contributed by atoms with E-state index in [1.807, 2.05) is 31.2 Å². The van der Waals surface area contributed by atoms with Crippen molar-refractivity contribution in [1.29, 1.82) is 0 Å². The average Bonchev–Trinajstić information content (AvgIpc) is 2.94. The van der Waals surface area contributed by atoms with E-state index >= 15 is 0 Å². The molecule has 1 aliphatic rings. The second-order valence-corrected chi connectivity index (χ2v) is 7.98. The Morgan fingerprint density at radius 1 is 1.45 bits per heavy atom. The van der Waals surface area contributed by atoms with Gasteiger partial charge in [-0.2, -0.15) is 0 Å². The zero-order valence-corrected chi connectivity index (χ0v) is 12.3. The Balaban J connectivity index is 1.79. The third-order valence-electron chi connectivity index (χ3n) is 4.04. The van der Waals surface area contributed by atoms with Gasteiger partial charge in [-0.15, -0.1) is 0 Å². The lowest BCUT2D eigenvalue weighted by atomic mass is 9.98. The fourth-order valence-electron chi connectivity index (χ4n) is 2.94. The number of aryl methyl sites for hydroxylation is 1. The van der Waals surface area contributed by atoms with Gasteiger partial charge < -0.3 is 10.2 Å². The van der Waals surface area contributed by atoms with Gasteiger partial charge in [-0.05, 0) is 37.3 Å². The number of rotatable bonds is 3. The number of furan rings is 1. The zero-order valence-electron chi connectivity index (χ0n) is 11.5. The molecular weight excluding hydrogens is 274 g/mol. The highest BCUT2D eigenvalue weighted by Gasteiger charge is 2.30. The van der Waals surface area contributed by atoms with Crippen molar-refractivity contribution in [3.63, 3.8) is 0 Å². The van der Waals surface area contributed by atoms with Crippen molar-refractivity contribution in [2.75, 3.05) is 11.5 Å². The van der Waals surface area contributed by atoms with Gasteiger partial charge in [0, 0.05) is 5.39 Å². The summed E-state index contributed by atoms with van der Waals surface area (Å²) in [6.07, 6.45) is 1.38. The van der Waals surface area contributed by atoms with Crippen molar-refractivity contribution < 1.29 is 12.8 Å². The Bertz CT molecular complexity index is 733. The van der Waals surface area contributed by atoms with Gasteiger partial charge in [0.05, 0.1) is 17.5 Å². The van der Waals surface area contributed by atoms with Crippen LogP contribution in [-0.4, -0.2) is 19.9 Å². The number of fused-ring (bicyclic) bond motifs is 1. The Hall–Kier alpha value is -1.33. The van der Waals surface area contributed by atoms with Crippen LogP contribution in [0.4, 0.5) is 0 Å². The fourth-order valence-corrected chi connectivity index (χ4v) is 4.82. The molecule has 4 nitrogen and oxygen atoms in total. The van der Waals surface area contributed by atoms with E-state index in [1.165, 1.54) is 0 Å². The lowest BCUT2D eigenvalue weighted by Gasteiger charge is -2.12. The van der Waals surface area contributed by atoms with E-state index in [9.17, 15) is 8.42 Å². The van der Waals surface area contributed by atoms with E-state index in [2.05, 4.69) is 0 Å². The second-order valence-electron chi connectivity index (χ2n) is 5.75. The molecule has 5 heteroatoms. The molecule has 0 saturated carbocycles. The lowest BCUT2D eigenvalue weighted by Crippen LogP contribution is -2.15.